The van der Waals surface area contributed by atoms with Crippen molar-refractivity contribution in [1.29, 1.82) is 0 Å². The number of halogens is 3. The van der Waals surface area contributed by atoms with Gasteiger partial charge >= 0.3 is 6.09 Å². The molecule has 0 bridgehead atoms. The molecule has 1 aliphatic rings. The minimum absolute atomic E-state index is 0.0154. The summed E-state index contributed by atoms with van der Waals surface area (Å²) in [6.07, 6.45) is -1.22. The first kappa shape index (κ1) is 24.1. The molecular weight excluding hydrogens is 486 g/mol. The Bertz CT molecular complexity index is 1070. The predicted molar refractivity (Wildman–Crippen MR) is 117 cm³/mol. The standard InChI is InChI=1S/C23H23BrF2N2O4/c1-22(2,3)28(21(29)30)19(10-14-8-15(25)11-16(26)9-14)20-18(24)5-4-17(27-20)6-7-23(31)12-32-13-23/h4-5,8-9,11,19,31H,10,12-13H2,1-3H3,(H,29,30). The first-order valence-corrected chi connectivity index (χ1v) is 10.6. The second-order valence-corrected chi connectivity index (χ2v) is 9.51. The summed E-state index contributed by atoms with van der Waals surface area (Å²) in [5, 5.41) is 20.1. The lowest BCUT2D eigenvalue weighted by Gasteiger charge is -2.39. The molecule has 170 valence electrons. The third-order valence-electron chi connectivity index (χ3n) is 4.89. The van der Waals surface area contributed by atoms with Crippen molar-refractivity contribution in [3.05, 3.63) is 63.4 Å². The summed E-state index contributed by atoms with van der Waals surface area (Å²) < 4.78 is 33.1. The van der Waals surface area contributed by atoms with Gasteiger partial charge in [-0.15, -0.1) is 0 Å². The van der Waals surface area contributed by atoms with Gasteiger partial charge in [0.15, 0.2) is 5.60 Å². The molecule has 2 aromatic rings. The van der Waals surface area contributed by atoms with Crippen molar-refractivity contribution in [3.8, 4) is 11.8 Å². The van der Waals surface area contributed by atoms with Crippen LogP contribution in [0.25, 0.3) is 0 Å². The van der Waals surface area contributed by atoms with Gasteiger partial charge in [0.05, 0.1) is 24.9 Å². The molecule has 1 fully saturated rings. The maximum atomic E-state index is 13.8. The number of benzene rings is 1. The maximum Gasteiger partial charge on any atom is 0.408 e. The normalized spacial score (nSPS) is 15.8. The number of carbonyl (C=O) groups is 1. The number of aliphatic hydroxyl groups is 1. The van der Waals surface area contributed by atoms with Crippen LogP contribution >= 0.6 is 15.9 Å². The first-order chi connectivity index (χ1) is 14.9. The van der Waals surface area contributed by atoms with Gasteiger partial charge in [-0.3, -0.25) is 4.90 Å². The van der Waals surface area contributed by atoms with Gasteiger partial charge in [-0.1, -0.05) is 5.92 Å². The Morgan fingerprint density at radius 2 is 1.91 bits per heavy atom. The number of hydrogen-bond donors (Lipinski definition) is 2. The van der Waals surface area contributed by atoms with E-state index in [0.29, 0.717) is 15.9 Å². The van der Waals surface area contributed by atoms with Gasteiger partial charge in [0.1, 0.15) is 17.3 Å². The number of pyridine rings is 1. The highest BCUT2D eigenvalue weighted by Gasteiger charge is 2.37. The second-order valence-electron chi connectivity index (χ2n) is 8.66. The SMILES string of the molecule is CC(C)(C)N(C(=O)O)C(Cc1cc(F)cc(F)c1)c1nc(C#CC2(O)COC2)ccc1Br. The van der Waals surface area contributed by atoms with Gasteiger partial charge in [0.2, 0.25) is 0 Å². The summed E-state index contributed by atoms with van der Waals surface area (Å²) in [5.41, 5.74) is -1.13. The van der Waals surface area contributed by atoms with E-state index in [0.717, 1.165) is 6.07 Å². The molecule has 1 aromatic heterocycles. The van der Waals surface area contributed by atoms with Crippen LogP contribution in [0.4, 0.5) is 13.6 Å². The lowest BCUT2D eigenvalue weighted by atomic mass is 9.95. The van der Waals surface area contributed by atoms with E-state index in [1.165, 1.54) is 17.0 Å². The molecule has 1 atom stereocenters. The minimum atomic E-state index is -1.23. The van der Waals surface area contributed by atoms with Crippen molar-refractivity contribution in [2.45, 2.75) is 44.4 Å². The molecule has 0 saturated carbocycles. The molecule has 0 spiro atoms. The highest BCUT2D eigenvalue weighted by atomic mass is 79.9. The fourth-order valence-corrected chi connectivity index (χ4v) is 3.94. The number of aromatic nitrogens is 1. The first-order valence-electron chi connectivity index (χ1n) is 9.85. The average molecular weight is 509 g/mol. The fourth-order valence-electron chi connectivity index (χ4n) is 3.46. The van der Waals surface area contributed by atoms with Crippen molar-refractivity contribution in [2.24, 2.45) is 0 Å². The highest BCUT2D eigenvalue weighted by molar-refractivity contribution is 9.10. The summed E-state index contributed by atoms with van der Waals surface area (Å²) in [6, 6.07) is 5.53. The Labute approximate surface area is 193 Å². The number of nitrogens with zero attached hydrogens (tertiary/aromatic N) is 2. The maximum absolute atomic E-state index is 13.8. The zero-order valence-electron chi connectivity index (χ0n) is 17.8. The van der Waals surface area contributed by atoms with Crippen LogP contribution in [0.2, 0.25) is 0 Å². The molecule has 0 aliphatic carbocycles. The van der Waals surface area contributed by atoms with Crippen molar-refractivity contribution < 1.29 is 28.5 Å². The smallest absolute Gasteiger partial charge is 0.408 e. The van der Waals surface area contributed by atoms with Gasteiger partial charge in [-0.05, 0) is 78.9 Å². The molecular formula is C23H23BrF2N2O4. The van der Waals surface area contributed by atoms with Crippen LogP contribution in [-0.2, 0) is 11.2 Å². The van der Waals surface area contributed by atoms with E-state index in [1.54, 1.807) is 32.9 Å². The zero-order valence-corrected chi connectivity index (χ0v) is 19.4. The summed E-state index contributed by atoms with van der Waals surface area (Å²) in [4.78, 5) is 18.0. The Morgan fingerprint density at radius 3 is 2.41 bits per heavy atom. The Balaban J connectivity index is 2.09. The molecule has 6 nitrogen and oxygen atoms in total. The van der Waals surface area contributed by atoms with Crippen LogP contribution < -0.4 is 0 Å². The Kier molecular flexibility index (Phi) is 6.89. The molecule has 32 heavy (non-hydrogen) atoms. The fraction of sp³-hybridized carbons (Fsp3) is 0.391. The predicted octanol–water partition coefficient (Wildman–Crippen LogP) is 4.30. The van der Waals surface area contributed by atoms with E-state index in [2.05, 4.69) is 32.8 Å². The van der Waals surface area contributed by atoms with E-state index in [4.69, 9.17) is 4.74 Å². The number of hydrogen-bond acceptors (Lipinski definition) is 4. The summed E-state index contributed by atoms with van der Waals surface area (Å²) in [7, 11) is 0. The third-order valence-corrected chi connectivity index (χ3v) is 5.56. The number of rotatable bonds is 4. The molecule has 1 aromatic carbocycles. The van der Waals surface area contributed by atoms with Crippen molar-refractivity contribution >= 4 is 22.0 Å². The average Bonchev–Trinajstić information content (AvgIpc) is 2.63. The molecule has 1 aliphatic heterocycles. The third kappa shape index (κ3) is 5.63. The highest BCUT2D eigenvalue weighted by Crippen LogP contribution is 2.34. The van der Waals surface area contributed by atoms with E-state index in [9.17, 15) is 23.8 Å². The number of amides is 1. The number of ether oxygens (including phenoxy) is 1. The lowest BCUT2D eigenvalue weighted by molar-refractivity contribution is -0.140. The van der Waals surface area contributed by atoms with Crippen LogP contribution in [0, 0.1) is 23.5 Å². The van der Waals surface area contributed by atoms with Gasteiger partial charge < -0.3 is 14.9 Å². The van der Waals surface area contributed by atoms with Crippen LogP contribution in [0.3, 0.4) is 0 Å². The van der Waals surface area contributed by atoms with Gasteiger partial charge in [0.25, 0.3) is 0 Å². The van der Waals surface area contributed by atoms with Crippen LogP contribution in [0.1, 0.15) is 43.8 Å². The van der Waals surface area contributed by atoms with Crippen LogP contribution in [0.5, 0.6) is 0 Å². The quantitative estimate of drug-likeness (QED) is 0.601. The van der Waals surface area contributed by atoms with E-state index in [1.807, 2.05) is 0 Å². The van der Waals surface area contributed by atoms with E-state index < -0.39 is 34.9 Å². The van der Waals surface area contributed by atoms with Crippen molar-refractivity contribution in [1.82, 2.24) is 9.88 Å². The molecule has 9 heteroatoms. The minimum Gasteiger partial charge on any atom is -0.465 e. The van der Waals surface area contributed by atoms with Crippen molar-refractivity contribution in [2.75, 3.05) is 13.2 Å². The van der Waals surface area contributed by atoms with Gasteiger partial charge in [0, 0.05) is 16.1 Å². The van der Waals surface area contributed by atoms with Crippen LogP contribution in [0.15, 0.2) is 34.8 Å². The molecule has 0 radical (unpaired) electrons. The molecule has 2 N–H and O–H groups in total. The second kappa shape index (κ2) is 9.14. The zero-order chi connectivity index (χ0) is 23.7. The number of carboxylic acid groups (broad SMARTS) is 1. The molecule has 1 saturated heterocycles. The molecule has 3 rings (SSSR count). The van der Waals surface area contributed by atoms with Gasteiger partial charge in [-0.25, -0.2) is 18.6 Å². The van der Waals surface area contributed by atoms with E-state index in [-0.39, 0.29) is 25.2 Å². The monoisotopic (exact) mass is 508 g/mol. The van der Waals surface area contributed by atoms with Crippen LogP contribution in [-0.4, -0.2) is 50.5 Å². The van der Waals surface area contributed by atoms with Gasteiger partial charge in [-0.2, -0.15) is 0 Å². The molecule has 1 unspecified atom stereocenters. The van der Waals surface area contributed by atoms with Crippen molar-refractivity contribution in [3.63, 3.8) is 0 Å². The summed E-state index contributed by atoms with van der Waals surface area (Å²) >= 11 is 3.43. The Morgan fingerprint density at radius 1 is 1.28 bits per heavy atom. The summed E-state index contributed by atoms with van der Waals surface area (Å²) in [6.45, 7) is 5.39. The topological polar surface area (TPSA) is 82.9 Å². The van der Waals surface area contributed by atoms with E-state index >= 15 is 0 Å². The largest absolute Gasteiger partial charge is 0.465 e. The lowest BCUT2D eigenvalue weighted by Crippen LogP contribution is -2.48. The molecule has 2 heterocycles. The molecule has 1 amide bonds. The Hall–Kier alpha value is -2.54. The summed E-state index contributed by atoms with van der Waals surface area (Å²) in [5.74, 6) is 4.02.